The Bertz CT molecular complexity index is 294. The fourth-order valence-corrected chi connectivity index (χ4v) is 1.70. The second-order valence-electron chi connectivity index (χ2n) is 3.60. The molecule has 2 unspecified atom stereocenters. The van der Waals surface area contributed by atoms with Gasteiger partial charge in [-0.15, -0.1) is 11.6 Å². The van der Waals surface area contributed by atoms with Gasteiger partial charge in [-0.25, -0.2) is 4.98 Å². The van der Waals surface area contributed by atoms with Crippen LogP contribution in [0.25, 0.3) is 0 Å². The van der Waals surface area contributed by atoms with Crippen LogP contribution in [0.2, 0.25) is 0 Å². The molecule has 14 heavy (non-hydrogen) atoms. The van der Waals surface area contributed by atoms with Gasteiger partial charge in [0.15, 0.2) is 5.82 Å². The minimum Gasteiger partial charge on any atom is -0.378 e. The van der Waals surface area contributed by atoms with Crippen LogP contribution in [0.4, 0.5) is 0 Å². The molecule has 2 heterocycles. The molecule has 0 aromatic carbocycles. The van der Waals surface area contributed by atoms with Gasteiger partial charge in [-0.2, -0.15) is 5.10 Å². The zero-order chi connectivity index (χ0) is 9.97. The molecule has 78 valence electrons. The van der Waals surface area contributed by atoms with E-state index in [0.29, 0.717) is 11.9 Å². The van der Waals surface area contributed by atoms with Crippen LogP contribution in [0.15, 0.2) is 0 Å². The monoisotopic (exact) mass is 215 g/mol. The number of nitrogens with zero attached hydrogens (tertiary/aromatic N) is 2. The van der Waals surface area contributed by atoms with Crippen molar-refractivity contribution < 1.29 is 4.74 Å². The van der Waals surface area contributed by atoms with E-state index in [4.69, 9.17) is 16.3 Å². The number of aromatic amines is 1. The highest BCUT2D eigenvalue weighted by Gasteiger charge is 2.18. The molecule has 5 heteroatoms. The number of aromatic nitrogens is 3. The van der Waals surface area contributed by atoms with Crippen molar-refractivity contribution in [3.8, 4) is 0 Å². The molecule has 0 amide bonds. The van der Waals surface area contributed by atoms with Gasteiger partial charge in [0.2, 0.25) is 0 Å². The summed E-state index contributed by atoms with van der Waals surface area (Å²) in [6, 6.07) is 0. The molecule has 1 aromatic rings. The van der Waals surface area contributed by atoms with Crippen molar-refractivity contribution in [3.05, 3.63) is 11.6 Å². The molecule has 0 saturated carbocycles. The summed E-state index contributed by atoms with van der Waals surface area (Å²) >= 11 is 5.86. The first-order valence-electron chi connectivity index (χ1n) is 4.92. The number of H-pyrrole nitrogens is 1. The molecule has 1 N–H and O–H groups in total. The number of rotatable bonds is 3. The van der Waals surface area contributed by atoms with Crippen molar-refractivity contribution in [2.24, 2.45) is 0 Å². The Hall–Kier alpha value is -0.610. The van der Waals surface area contributed by atoms with Crippen LogP contribution < -0.4 is 0 Å². The normalized spacial score (nSPS) is 24.0. The molecule has 0 aliphatic carbocycles. The van der Waals surface area contributed by atoms with Gasteiger partial charge < -0.3 is 4.74 Å². The lowest BCUT2D eigenvalue weighted by molar-refractivity contribution is 0.110. The maximum Gasteiger partial charge on any atom is 0.168 e. The Morgan fingerprint density at radius 1 is 1.71 bits per heavy atom. The van der Waals surface area contributed by atoms with Crippen LogP contribution in [0.3, 0.4) is 0 Å². The molecule has 2 rings (SSSR count). The third-order valence-corrected chi connectivity index (χ3v) is 2.54. The highest BCUT2D eigenvalue weighted by molar-refractivity contribution is 6.20. The number of nitrogens with one attached hydrogen (secondary N) is 1. The quantitative estimate of drug-likeness (QED) is 0.783. The topological polar surface area (TPSA) is 50.8 Å². The second-order valence-corrected chi connectivity index (χ2v) is 4.25. The van der Waals surface area contributed by atoms with Gasteiger partial charge in [0, 0.05) is 13.0 Å². The van der Waals surface area contributed by atoms with Crippen LogP contribution >= 0.6 is 11.6 Å². The van der Waals surface area contributed by atoms with E-state index in [-0.39, 0.29) is 5.38 Å². The number of hydrogen-bond acceptors (Lipinski definition) is 3. The van der Waals surface area contributed by atoms with Crippen LogP contribution in [-0.2, 0) is 11.2 Å². The second kappa shape index (κ2) is 4.28. The molecular weight excluding hydrogens is 202 g/mol. The summed E-state index contributed by atoms with van der Waals surface area (Å²) in [5.41, 5.74) is 0. The predicted octanol–water partition coefficient (Wildman–Crippen LogP) is 1.83. The van der Waals surface area contributed by atoms with E-state index in [1.807, 2.05) is 6.92 Å². The standard InChI is InChI=1S/C9H14ClN3O/c1-6(10)9-11-8(12-13-9)5-7-3-2-4-14-7/h6-7H,2-5H2,1H3,(H,11,12,13). The SMILES string of the molecule is CC(Cl)c1n[nH]c(CC2CCCO2)n1. The summed E-state index contributed by atoms with van der Waals surface area (Å²) in [6.45, 7) is 2.73. The number of hydrogen-bond donors (Lipinski definition) is 1. The van der Waals surface area contributed by atoms with Gasteiger partial charge in [0.1, 0.15) is 5.82 Å². The van der Waals surface area contributed by atoms with Crippen molar-refractivity contribution in [3.63, 3.8) is 0 Å². The minimum absolute atomic E-state index is 0.135. The van der Waals surface area contributed by atoms with E-state index < -0.39 is 0 Å². The molecule has 1 aliphatic rings. The lowest BCUT2D eigenvalue weighted by Crippen LogP contribution is -2.10. The molecule has 0 spiro atoms. The summed E-state index contributed by atoms with van der Waals surface area (Å²) in [5, 5.41) is 6.79. The molecule has 2 atom stereocenters. The van der Waals surface area contributed by atoms with Gasteiger partial charge in [0.05, 0.1) is 11.5 Å². The predicted molar refractivity (Wildman–Crippen MR) is 53.3 cm³/mol. The van der Waals surface area contributed by atoms with Gasteiger partial charge in [-0.1, -0.05) is 0 Å². The zero-order valence-electron chi connectivity index (χ0n) is 8.16. The molecule has 1 fully saturated rings. The van der Waals surface area contributed by atoms with Crippen molar-refractivity contribution >= 4 is 11.6 Å². The van der Waals surface area contributed by atoms with Gasteiger partial charge in [-0.3, -0.25) is 5.10 Å². The number of ether oxygens (including phenoxy) is 1. The van der Waals surface area contributed by atoms with E-state index in [0.717, 1.165) is 31.7 Å². The maximum absolute atomic E-state index is 5.86. The molecular formula is C9H14ClN3O. The summed E-state index contributed by atoms with van der Waals surface area (Å²) in [5.74, 6) is 1.54. The Morgan fingerprint density at radius 2 is 2.57 bits per heavy atom. The Balaban J connectivity index is 1.95. The smallest absolute Gasteiger partial charge is 0.168 e. The lowest BCUT2D eigenvalue weighted by Gasteiger charge is -2.05. The van der Waals surface area contributed by atoms with Gasteiger partial charge in [-0.05, 0) is 19.8 Å². The first kappa shape index (κ1) is 9.93. The maximum atomic E-state index is 5.86. The first-order chi connectivity index (χ1) is 6.75. The van der Waals surface area contributed by atoms with Crippen LogP contribution in [0.1, 0.15) is 36.8 Å². The molecule has 1 saturated heterocycles. The molecule has 4 nitrogen and oxygen atoms in total. The van der Waals surface area contributed by atoms with Crippen molar-refractivity contribution in [1.29, 1.82) is 0 Å². The van der Waals surface area contributed by atoms with Crippen LogP contribution in [-0.4, -0.2) is 27.9 Å². The molecule has 0 bridgehead atoms. The van der Waals surface area contributed by atoms with Crippen molar-refractivity contribution in [1.82, 2.24) is 15.2 Å². The fraction of sp³-hybridized carbons (Fsp3) is 0.778. The van der Waals surface area contributed by atoms with Crippen molar-refractivity contribution in [2.45, 2.75) is 37.7 Å². The van der Waals surface area contributed by atoms with Crippen molar-refractivity contribution in [2.75, 3.05) is 6.61 Å². The average Bonchev–Trinajstić information content (AvgIpc) is 2.75. The molecule has 0 radical (unpaired) electrons. The third-order valence-electron chi connectivity index (χ3n) is 2.35. The van der Waals surface area contributed by atoms with E-state index in [9.17, 15) is 0 Å². The fourth-order valence-electron chi connectivity index (χ4n) is 1.60. The van der Waals surface area contributed by atoms with Crippen LogP contribution in [0.5, 0.6) is 0 Å². The largest absolute Gasteiger partial charge is 0.378 e. The number of alkyl halides is 1. The van der Waals surface area contributed by atoms with E-state index in [1.54, 1.807) is 0 Å². The lowest BCUT2D eigenvalue weighted by atomic mass is 10.2. The summed E-state index contributed by atoms with van der Waals surface area (Å²) < 4.78 is 5.51. The summed E-state index contributed by atoms with van der Waals surface area (Å²) in [7, 11) is 0. The summed E-state index contributed by atoms with van der Waals surface area (Å²) in [4.78, 5) is 4.29. The van der Waals surface area contributed by atoms with Crippen LogP contribution in [0, 0.1) is 0 Å². The zero-order valence-corrected chi connectivity index (χ0v) is 8.92. The van der Waals surface area contributed by atoms with E-state index >= 15 is 0 Å². The van der Waals surface area contributed by atoms with Gasteiger partial charge >= 0.3 is 0 Å². The highest BCUT2D eigenvalue weighted by atomic mass is 35.5. The third kappa shape index (κ3) is 2.25. The van der Waals surface area contributed by atoms with E-state index in [1.165, 1.54) is 0 Å². The summed E-state index contributed by atoms with van der Waals surface area (Å²) in [6.07, 6.45) is 3.39. The Labute approximate surface area is 88.0 Å². The highest BCUT2D eigenvalue weighted by Crippen LogP contribution is 2.18. The number of halogens is 1. The Kier molecular flexibility index (Phi) is 3.03. The molecule has 1 aliphatic heterocycles. The molecule has 1 aromatic heterocycles. The first-order valence-corrected chi connectivity index (χ1v) is 5.36. The Morgan fingerprint density at radius 3 is 3.14 bits per heavy atom. The van der Waals surface area contributed by atoms with Gasteiger partial charge in [0.25, 0.3) is 0 Å². The minimum atomic E-state index is -0.135. The van der Waals surface area contributed by atoms with E-state index in [2.05, 4.69) is 15.2 Å². The average molecular weight is 216 g/mol.